The SMILES string of the molecule is Cc1cccc(C2CN(C(C)C)C(=O)N2C)c1. The molecule has 3 nitrogen and oxygen atoms in total. The molecule has 1 unspecified atom stereocenters. The van der Waals surface area contributed by atoms with E-state index in [4.69, 9.17) is 0 Å². The Bertz CT molecular complexity index is 428. The van der Waals surface area contributed by atoms with Gasteiger partial charge in [-0.15, -0.1) is 0 Å². The molecule has 0 spiro atoms. The van der Waals surface area contributed by atoms with Gasteiger partial charge in [-0.25, -0.2) is 4.79 Å². The summed E-state index contributed by atoms with van der Waals surface area (Å²) in [5.74, 6) is 0. The van der Waals surface area contributed by atoms with E-state index in [1.165, 1.54) is 11.1 Å². The van der Waals surface area contributed by atoms with Crippen molar-refractivity contribution in [3.05, 3.63) is 35.4 Å². The maximum atomic E-state index is 12.1. The van der Waals surface area contributed by atoms with Gasteiger partial charge in [0.2, 0.25) is 0 Å². The van der Waals surface area contributed by atoms with Gasteiger partial charge in [-0.3, -0.25) is 0 Å². The molecule has 1 aromatic rings. The highest BCUT2D eigenvalue weighted by Gasteiger charge is 2.36. The number of carbonyl (C=O) groups excluding carboxylic acids is 1. The topological polar surface area (TPSA) is 23.6 Å². The summed E-state index contributed by atoms with van der Waals surface area (Å²) >= 11 is 0. The number of hydrogen-bond donors (Lipinski definition) is 0. The van der Waals surface area contributed by atoms with Gasteiger partial charge >= 0.3 is 6.03 Å². The zero-order valence-corrected chi connectivity index (χ0v) is 11.0. The van der Waals surface area contributed by atoms with Crippen LogP contribution in [0.5, 0.6) is 0 Å². The summed E-state index contributed by atoms with van der Waals surface area (Å²) in [6.07, 6.45) is 0. The van der Waals surface area contributed by atoms with Crippen molar-refractivity contribution in [1.29, 1.82) is 0 Å². The Labute approximate surface area is 103 Å². The smallest absolute Gasteiger partial charge is 0.320 e. The molecule has 1 aliphatic heterocycles. The molecule has 1 aliphatic rings. The van der Waals surface area contributed by atoms with Gasteiger partial charge in [-0.05, 0) is 26.3 Å². The first-order valence-electron chi connectivity index (χ1n) is 6.10. The van der Waals surface area contributed by atoms with E-state index in [2.05, 4.69) is 45.0 Å². The van der Waals surface area contributed by atoms with Crippen LogP contribution in [0.25, 0.3) is 0 Å². The molecule has 0 N–H and O–H groups in total. The fraction of sp³-hybridized carbons (Fsp3) is 0.500. The molecule has 1 fully saturated rings. The summed E-state index contributed by atoms with van der Waals surface area (Å²) in [7, 11) is 1.89. The van der Waals surface area contributed by atoms with Crippen LogP contribution >= 0.6 is 0 Å². The molecule has 1 saturated heterocycles. The molecule has 1 heterocycles. The average Bonchev–Trinajstić information content (AvgIpc) is 2.56. The lowest BCUT2D eigenvalue weighted by atomic mass is 10.0. The Morgan fingerprint density at radius 2 is 2.06 bits per heavy atom. The molecule has 2 rings (SSSR count). The summed E-state index contributed by atoms with van der Waals surface area (Å²) in [5, 5.41) is 0. The average molecular weight is 232 g/mol. The van der Waals surface area contributed by atoms with Crippen LogP contribution in [0.15, 0.2) is 24.3 Å². The Morgan fingerprint density at radius 3 is 2.59 bits per heavy atom. The number of amides is 2. The van der Waals surface area contributed by atoms with Gasteiger partial charge in [0, 0.05) is 19.6 Å². The molecular formula is C14H20N2O. The van der Waals surface area contributed by atoms with E-state index >= 15 is 0 Å². The Hall–Kier alpha value is -1.51. The maximum absolute atomic E-state index is 12.1. The second-order valence-corrected chi connectivity index (χ2v) is 5.07. The van der Waals surface area contributed by atoms with Gasteiger partial charge in [0.05, 0.1) is 6.04 Å². The lowest BCUT2D eigenvalue weighted by Gasteiger charge is -2.19. The highest BCUT2D eigenvalue weighted by atomic mass is 16.2. The van der Waals surface area contributed by atoms with Crippen LogP contribution in [0.4, 0.5) is 4.79 Å². The highest BCUT2D eigenvalue weighted by molar-refractivity contribution is 5.77. The minimum atomic E-state index is 0.131. The third kappa shape index (κ3) is 2.14. The number of rotatable bonds is 2. The first-order chi connectivity index (χ1) is 8.00. The van der Waals surface area contributed by atoms with Crippen molar-refractivity contribution >= 4 is 6.03 Å². The number of aryl methyl sites for hydroxylation is 1. The third-order valence-corrected chi connectivity index (χ3v) is 3.43. The number of hydrogen-bond acceptors (Lipinski definition) is 1. The van der Waals surface area contributed by atoms with Gasteiger partial charge in [0.1, 0.15) is 0 Å². The Kier molecular flexibility index (Phi) is 3.09. The van der Waals surface area contributed by atoms with Crippen LogP contribution < -0.4 is 0 Å². The standard InChI is InChI=1S/C14H20N2O/c1-10(2)16-9-13(15(4)14(16)17)12-7-5-6-11(3)8-12/h5-8,10,13H,9H2,1-4H3. The van der Waals surface area contributed by atoms with Gasteiger partial charge < -0.3 is 9.80 Å². The van der Waals surface area contributed by atoms with Crippen molar-refractivity contribution in [1.82, 2.24) is 9.80 Å². The molecule has 0 aromatic heterocycles. The van der Waals surface area contributed by atoms with E-state index in [0.29, 0.717) is 0 Å². The molecule has 0 saturated carbocycles. The molecule has 0 aliphatic carbocycles. The molecule has 2 amide bonds. The van der Waals surface area contributed by atoms with Gasteiger partial charge in [0.25, 0.3) is 0 Å². The van der Waals surface area contributed by atoms with E-state index in [1.807, 2.05) is 16.8 Å². The van der Waals surface area contributed by atoms with Crippen LogP contribution in [-0.2, 0) is 0 Å². The van der Waals surface area contributed by atoms with Crippen molar-refractivity contribution in [3.63, 3.8) is 0 Å². The summed E-state index contributed by atoms with van der Waals surface area (Å²) < 4.78 is 0. The third-order valence-electron chi connectivity index (χ3n) is 3.43. The van der Waals surface area contributed by atoms with E-state index < -0.39 is 0 Å². The largest absolute Gasteiger partial charge is 0.320 e. The lowest BCUT2D eigenvalue weighted by molar-refractivity contribution is 0.187. The van der Waals surface area contributed by atoms with Gasteiger partial charge in [-0.1, -0.05) is 29.8 Å². The van der Waals surface area contributed by atoms with E-state index in [1.54, 1.807) is 0 Å². The zero-order chi connectivity index (χ0) is 12.6. The first kappa shape index (κ1) is 12.0. The van der Waals surface area contributed by atoms with Crippen molar-refractivity contribution in [3.8, 4) is 0 Å². The molecule has 1 aromatic carbocycles. The zero-order valence-electron chi connectivity index (χ0n) is 11.0. The molecule has 0 bridgehead atoms. The summed E-state index contributed by atoms with van der Waals surface area (Å²) in [6, 6.07) is 8.99. The number of benzene rings is 1. The molecule has 0 radical (unpaired) electrons. The van der Waals surface area contributed by atoms with Gasteiger partial charge in [-0.2, -0.15) is 0 Å². The minimum absolute atomic E-state index is 0.131. The van der Waals surface area contributed by atoms with E-state index in [-0.39, 0.29) is 18.1 Å². The monoisotopic (exact) mass is 232 g/mol. The lowest BCUT2D eigenvalue weighted by Crippen LogP contribution is -2.34. The van der Waals surface area contributed by atoms with Crippen LogP contribution in [-0.4, -0.2) is 35.5 Å². The van der Waals surface area contributed by atoms with Crippen LogP contribution in [0.3, 0.4) is 0 Å². The van der Waals surface area contributed by atoms with Crippen LogP contribution in [0, 0.1) is 6.92 Å². The summed E-state index contributed by atoms with van der Waals surface area (Å²) in [6.45, 7) is 6.99. The second kappa shape index (κ2) is 4.40. The molecule has 17 heavy (non-hydrogen) atoms. The Morgan fingerprint density at radius 1 is 1.35 bits per heavy atom. The maximum Gasteiger partial charge on any atom is 0.320 e. The number of likely N-dealkylation sites (N-methyl/N-ethyl adjacent to an activating group) is 1. The minimum Gasteiger partial charge on any atom is -0.320 e. The second-order valence-electron chi connectivity index (χ2n) is 5.07. The first-order valence-corrected chi connectivity index (χ1v) is 6.10. The van der Waals surface area contributed by atoms with Gasteiger partial charge in [0.15, 0.2) is 0 Å². The van der Waals surface area contributed by atoms with Crippen molar-refractivity contribution in [2.75, 3.05) is 13.6 Å². The van der Waals surface area contributed by atoms with E-state index in [9.17, 15) is 4.79 Å². The normalized spacial score (nSPS) is 20.5. The molecule has 3 heteroatoms. The quantitative estimate of drug-likeness (QED) is 0.769. The van der Waals surface area contributed by atoms with Crippen LogP contribution in [0.2, 0.25) is 0 Å². The molecule has 1 atom stereocenters. The fourth-order valence-electron chi connectivity index (χ4n) is 2.36. The fourth-order valence-corrected chi connectivity index (χ4v) is 2.36. The van der Waals surface area contributed by atoms with Crippen LogP contribution in [0.1, 0.15) is 31.0 Å². The molecule has 92 valence electrons. The highest BCUT2D eigenvalue weighted by Crippen LogP contribution is 2.29. The summed E-state index contributed by atoms with van der Waals surface area (Å²) in [4.78, 5) is 15.8. The number of nitrogens with zero attached hydrogens (tertiary/aromatic N) is 2. The van der Waals surface area contributed by atoms with Crippen molar-refractivity contribution in [2.24, 2.45) is 0 Å². The Balaban J connectivity index is 2.26. The van der Waals surface area contributed by atoms with E-state index in [0.717, 1.165) is 6.54 Å². The predicted molar refractivity (Wildman–Crippen MR) is 68.9 cm³/mol. The predicted octanol–water partition coefficient (Wildman–Crippen LogP) is 2.81. The van der Waals surface area contributed by atoms with Crippen molar-refractivity contribution in [2.45, 2.75) is 32.9 Å². The summed E-state index contributed by atoms with van der Waals surface area (Å²) in [5.41, 5.74) is 2.47. The number of carbonyl (C=O) groups is 1. The number of urea groups is 1. The molecular weight excluding hydrogens is 212 g/mol. The van der Waals surface area contributed by atoms with Crippen molar-refractivity contribution < 1.29 is 4.79 Å².